The second-order valence-electron chi connectivity index (χ2n) is 11.7. The summed E-state index contributed by atoms with van der Waals surface area (Å²) in [4.78, 5) is 10.4. The molecule has 5 unspecified atom stereocenters. The summed E-state index contributed by atoms with van der Waals surface area (Å²) in [5.74, 6) is 4.72. The van der Waals surface area contributed by atoms with Crippen LogP contribution >= 0.6 is 0 Å². The van der Waals surface area contributed by atoms with Crippen LogP contribution in [0.15, 0.2) is 36.4 Å². The maximum Gasteiger partial charge on any atom is 0.148 e. The number of aromatic nitrogens is 3. The maximum atomic E-state index is 5.23. The van der Waals surface area contributed by atoms with Gasteiger partial charge in [-0.25, -0.2) is 9.97 Å². The van der Waals surface area contributed by atoms with Crippen molar-refractivity contribution in [1.29, 1.82) is 0 Å². The third kappa shape index (κ3) is 1.73. The van der Waals surface area contributed by atoms with Crippen molar-refractivity contribution >= 4 is 27.6 Å². The van der Waals surface area contributed by atoms with E-state index in [0.29, 0.717) is 5.41 Å². The Balaban J connectivity index is 1.50. The Morgan fingerprint density at radius 1 is 0.967 bits per heavy atom. The van der Waals surface area contributed by atoms with Crippen molar-refractivity contribution in [2.45, 2.75) is 63.7 Å². The summed E-state index contributed by atoms with van der Waals surface area (Å²) >= 11 is 0. The predicted molar refractivity (Wildman–Crippen MR) is 120 cm³/mol. The van der Waals surface area contributed by atoms with E-state index in [9.17, 15) is 0 Å². The molecular formula is C27H27N3. The Morgan fingerprint density at radius 3 is 2.70 bits per heavy atom. The van der Waals surface area contributed by atoms with Gasteiger partial charge in [0, 0.05) is 10.8 Å². The molecule has 2 heterocycles. The molecule has 1 spiro atoms. The molecule has 0 radical (unpaired) electrons. The molecule has 2 aromatic heterocycles. The van der Waals surface area contributed by atoms with E-state index in [1.54, 1.807) is 11.1 Å². The molecule has 2 bridgehead atoms. The number of hydrogen-bond donors (Lipinski definition) is 0. The molecule has 2 aromatic carbocycles. The van der Waals surface area contributed by atoms with E-state index in [-0.39, 0.29) is 5.41 Å². The molecule has 4 aliphatic rings. The van der Waals surface area contributed by atoms with E-state index < -0.39 is 0 Å². The van der Waals surface area contributed by atoms with Crippen LogP contribution in [0.1, 0.15) is 75.2 Å². The van der Waals surface area contributed by atoms with Gasteiger partial charge in [-0.2, -0.15) is 0 Å². The van der Waals surface area contributed by atoms with Crippen LogP contribution in [-0.4, -0.2) is 14.4 Å². The maximum absolute atomic E-state index is 5.23. The first kappa shape index (κ1) is 16.3. The molecular weight excluding hydrogens is 366 g/mol. The minimum absolute atomic E-state index is 0.0522. The van der Waals surface area contributed by atoms with Gasteiger partial charge in [0.05, 0.1) is 16.6 Å². The lowest BCUT2D eigenvalue weighted by molar-refractivity contribution is 0.0724. The first-order valence-electron chi connectivity index (χ1n) is 11.7. The molecule has 30 heavy (non-hydrogen) atoms. The van der Waals surface area contributed by atoms with Crippen molar-refractivity contribution in [2.75, 3.05) is 0 Å². The summed E-state index contributed by atoms with van der Waals surface area (Å²) in [6.45, 7) is 6.80. The molecule has 3 nitrogen and oxygen atoms in total. The third-order valence-electron chi connectivity index (χ3n) is 9.12. The molecule has 3 fully saturated rings. The van der Waals surface area contributed by atoms with Gasteiger partial charge >= 0.3 is 0 Å². The SMILES string of the molecule is CC(C)(C)c1nc2ccccc2c2nc3cc4c(cc3n12)C1CC2CC3(CC43)C2C1. The predicted octanol–water partition coefficient (Wildman–Crippen LogP) is 6.33. The Labute approximate surface area is 176 Å². The first-order chi connectivity index (χ1) is 14.4. The molecule has 3 saturated carbocycles. The van der Waals surface area contributed by atoms with Gasteiger partial charge in [-0.1, -0.05) is 32.9 Å². The molecule has 4 aromatic rings. The Morgan fingerprint density at radius 2 is 1.83 bits per heavy atom. The average molecular weight is 394 g/mol. The summed E-state index contributed by atoms with van der Waals surface area (Å²) in [7, 11) is 0. The van der Waals surface area contributed by atoms with Crippen molar-refractivity contribution in [1.82, 2.24) is 14.4 Å². The smallest absolute Gasteiger partial charge is 0.148 e. The van der Waals surface area contributed by atoms with E-state index in [4.69, 9.17) is 9.97 Å². The van der Waals surface area contributed by atoms with Gasteiger partial charge in [0.15, 0.2) is 0 Å². The molecule has 0 aliphatic heterocycles. The van der Waals surface area contributed by atoms with Crippen molar-refractivity contribution in [3.63, 3.8) is 0 Å². The van der Waals surface area contributed by atoms with Crippen molar-refractivity contribution in [3.05, 3.63) is 53.3 Å². The van der Waals surface area contributed by atoms with E-state index in [1.807, 2.05) is 0 Å². The minimum atomic E-state index is -0.0522. The molecule has 0 amide bonds. The van der Waals surface area contributed by atoms with Crippen LogP contribution in [0.2, 0.25) is 0 Å². The van der Waals surface area contributed by atoms with Gasteiger partial charge in [0.25, 0.3) is 0 Å². The highest BCUT2D eigenvalue weighted by molar-refractivity contribution is 5.97. The fraction of sp³-hybridized carbons (Fsp3) is 0.481. The number of para-hydroxylation sites is 1. The second kappa shape index (κ2) is 4.74. The van der Waals surface area contributed by atoms with Crippen LogP contribution < -0.4 is 0 Å². The zero-order valence-corrected chi connectivity index (χ0v) is 17.9. The quantitative estimate of drug-likeness (QED) is 0.349. The first-order valence-corrected chi connectivity index (χ1v) is 11.7. The van der Waals surface area contributed by atoms with Crippen molar-refractivity contribution < 1.29 is 0 Å². The Kier molecular flexibility index (Phi) is 2.57. The highest BCUT2D eigenvalue weighted by Crippen LogP contribution is 2.81. The highest BCUT2D eigenvalue weighted by atomic mass is 15.1. The normalized spacial score (nSPS) is 33.4. The molecule has 4 aliphatic carbocycles. The number of fused-ring (bicyclic) bond motifs is 9. The molecule has 150 valence electrons. The van der Waals surface area contributed by atoms with E-state index in [2.05, 4.69) is 61.6 Å². The van der Waals surface area contributed by atoms with Crippen LogP contribution in [0.5, 0.6) is 0 Å². The summed E-state index contributed by atoms with van der Waals surface area (Å²) in [6, 6.07) is 13.5. The van der Waals surface area contributed by atoms with Gasteiger partial charge in [-0.3, -0.25) is 4.40 Å². The van der Waals surface area contributed by atoms with Crippen molar-refractivity contribution in [2.24, 2.45) is 17.3 Å². The molecule has 3 heteroatoms. The second-order valence-corrected chi connectivity index (χ2v) is 11.7. The van der Waals surface area contributed by atoms with Gasteiger partial charge in [-0.15, -0.1) is 0 Å². The number of nitrogens with zero attached hydrogens (tertiary/aromatic N) is 3. The number of rotatable bonds is 0. The number of imidazole rings is 1. The van der Waals surface area contributed by atoms with Gasteiger partial charge in [-0.05, 0) is 90.2 Å². The summed E-state index contributed by atoms with van der Waals surface area (Å²) in [5, 5.41) is 1.16. The monoisotopic (exact) mass is 393 g/mol. The van der Waals surface area contributed by atoms with Gasteiger partial charge in [0.2, 0.25) is 0 Å². The van der Waals surface area contributed by atoms with Crippen LogP contribution in [0.3, 0.4) is 0 Å². The minimum Gasteiger partial charge on any atom is -0.279 e. The molecule has 8 rings (SSSR count). The lowest BCUT2D eigenvalue weighted by Gasteiger charge is -2.43. The third-order valence-corrected chi connectivity index (χ3v) is 9.12. The highest BCUT2D eigenvalue weighted by Gasteiger charge is 2.71. The standard InChI is InChI=1S/C27H27N3/c1-26(2,3)25-29-21-7-5-4-6-16(21)24-28-22-10-18-17(11-23(22)30(24)25)14-8-15-12-27(13-20(18)27)19(15)9-14/h4-7,10-11,14-15,19-20H,8-9,12-13H2,1-3H3. The zero-order valence-electron chi connectivity index (χ0n) is 17.9. The van der Waals surface area contributed by atoms with Gasteiger partial charge in [0.1, 0.15) is 11.5 Å². The largest absolute Gasteiger partial charge is 0.279 e. The molecule has 0 N–H and O–H groups in total. The summed E-state index contributed by atoms with van der Waals surface area (Å²) in [5.41, 5.74) is 8.46. The van der Waals surface area contributed by atoms with Gasteiger partial charge < -0.3 is 0 Å². The number of benzene rings is 2. The fourth-order valence-corrected chi connectivity index (χ4v) is 7.80. The summed E-state index contributed by atoms with van der Waals surface area (Å²) in [6.07, 6.45) is 5.79. The van der Waals surface area contributed by atoms with E-state index in [0.717, 1.165) is 51.6 Å². The molecule has 5 atom stereocenters. The van der Waals surface area contributed by atoms with E-state index >= 15 is 0 Å². The Bertz CT molecular complexity index is 1420. The van der Waals surface area contributed by atoms with E-state index in [1.165, 1.54) is 31.2 Å². The van der Waals surface area contributed by atoms with Crippen LogP contribution in [0.4, 0.5) is 0 Å². The van der Waals surface area contributed by atoms with Crippen LogP contribution in [0, 0.1) is 17.3 Å². The Hall–Kier alpha value is -2.42. The fourth-order valence-electron chi connectivity index (χ4n) is 7.80. The summed E-state index contributed by atoms with van der Waals surface area (Å²) < 4.78 is 2.37. The van der Waals surface area contributed by atoms with Crippen LogP contribution in [0.25, 0.3) is 27.6 Å². The van der Waals surface area contributed by atoms with Crippen LogP contribution in [-0.2, 0) is 5.41 Å². The topological polar surface area (TPSA) is 30.2 Å². The van der Waals surface area contributed by atoms with Crippen molar-refractivity contribution in [3.8, 4) is 0 Å². The zero-order chi connectivity index (χ0) is 20.0. The average Bonchev–Trinajstić information content (AvgIpc) is 3.19. The lowest BCUT2D eigenvalue weighted by Crippen LogP contribution is -2.35. The number of hydrogen-bond acceptors (Lipinski definition) is 2. The molecule has 0 saturated heterocycles. The lowest BCUT2D eigenvalue weighted by atomic mass is 9.62.